The summed E-state index contributed by atoms with van der Waals surface area (Å²) in [6, 6.07) is -1.13. The fraction of sp³-hybridized carbons (Fsp3) is 0.727. The standard InChI is InChI=1S/C19H34O.C3H7NO3/c1-3-4-5-6-7-8-9-10-11-12-13-14-15-16-17-18-19(2)20;4-2(1-5)3(6)7/h7-8,10-11H,3-6,9,12-18H2,1-2H3;2,5H,1,4H2,(H,6,7)/b8-7-,11-10-;. The summed E-state index contributed by atoms with van der Waals surface area (Å²) in [6.45, 7) is 3.42. The van der Waals surface area contributed by atoms with E-state index in [1.165, 1.54) is 57.8 Å². The van der Waals surface area contributed by atoms with E-state index in [4.69, 9.17) is 15.9 Å². The van der Waals surface area contributed by atoms with Gasteiger partial charge >= 0.3 is 5.97 Å². The lowest BCUT2D eigenvalue weighted by molar-refractivity contribution is -0.139. The van der Waals surface area contributed by atoms with Crippen LogP contribution in [0.15, 0.2) is 24.3 Å². The van der Waals surface area contributed by atoms with Crippen molar-refractivity contribution < 1.29 is 19.8 Å². The molecule has 158 valence electrons. The van der Waals surface area contributed by atoms with Crippen molar-refractivity contribution in [3.63, 3.8) is 0 Å². The molecule has 0 bridgehead atoms. The molecule has 0 aliphatic heterocycles. The van der Waals surface area contributed by atoms with E-state index in [1.54, 1.807) is 6.92 Å². The molecule has 0 spiro atoms. The summed E-state index contributed by atoms with van der Waals surface area (Å²) in [6.07, 6.45) is 23.6. The van der Waals surface area contributed by atoms with Gasteiger partial charge in [-0.25, -0.2) is 0 Å². The first-order chi connectivity index (χ1) is 13.0. The van der Waals surface area contributed by atoms with Crippen LogP contribution >= 0.6 is 0 Å². The molecule has 0 aromatic rings. The van der Waals surface area contributed by atoms with Crippen LogP contribution in [-0.4, -0.2) is 34.6 Å². The van der Waals surface area contributed by atoms with E-state index in [0.29, 0.717) is 5.78 Å². The van der Waals surface area contributed by atoms with Crippen molar-refractivity contribution in [1.29, 1.82) is 0 Å². The topological polar surface area (TPSA) is 101 Å². The van der Waals surface area contributed by atoms with E-state index in [2.05, 4.69) is 31.2 Å². The molecular formula is C22H41NO4. The quantitative estimate of drug-likeness (QED) is 0.263. The molecule has 0 aromatic carbocycles. The largest absolute Gasteiger partial charge is 0.480 e. The number of allylic oxidation sites excluding steroid dienone is 4. The molecule has 0 rings (SSSR count). The molecule has 5 heteroatoms. The van der Waals surface area contributed by atoms with Crippen molar-refractivity contribution in [2.24, 2.45) is 5.73 Å². The van der Waals surface area contributed by atoms with Crippen LogP contribution in [0.25, 0.3) is 0 Å². The zero-order valence-corrected chi connectivity index (χ0v) is 17.4. The van der Waals surface area contributed by atoms with E-state index in [-0.39, 0.29) is 0 Å². The third kappa shape index (κ3) is 26.9. The average Bonchev–Trinajstić information content (AvgIpc) is 2.64. The van der Waals surface area contributed by atoms with Crippen molar-refractivity contribution in [3.05, 3.63) is 24.3 Å². The normalized spacial score (nSPS) is 12.1. The zero-order chi connectivity index (χ0) is 20.8. The second-order valence-electron chi connectivity index (χ2n) is 6.81. The summed E-state index contributed by atoms with van der Waals surface area (Å²) in [4.78, 5) is 20.4. The Balaban J connectivity index is 0. The second-order valence-corrected chi connectivity index (χ2v) is 6.81. The van der Waals surface area contributed by atoms with Gasteiger partial charge in [0.05, 0.1) is 6.61 Å². The van der Waals surface area contributed by atoms with E-state index >= 15 is 0 Å². The predicted molar refractivity (Wildman–Crippen MR) is 113 cm³/mol. The molecule has 0 saturated carbocycles. The maximum Gasteiger partial charge on any atom is 0.322 e. The second kappa shape index (κ2) is 22.6. The van der Waals surface area contributed by atoms with Gasteiger partial charge in [0, 0.05) is 6.42 Å². The highest BCUT2D eigenvalue weighted by molar-refractivity contribution is 5.75. The minimum absolute atomic E-state index is 0.329. The van der Waals surface area contributed by atoms with Gasteiger partial charge in [0.25, 0.3) is 0 Å². The summed E-state index contributed by atoms with van der Waals surface area (Å²) in [5.74, 6) is -0.849. The molecule has 0 radical (unpaired) electrons. The molecule has 0 heterocycles. The number of aliphatic hydroxyl groups is 1. The van der Waals surface area contributed by atoms with Gasteiger partial charge in [-0.2, -0.15) is 0 Å². The summed E-state index contributed by atoms with van der Waals surface area (Å²) < 4.78 is 0. The number of nitrogens with two attached hydrogens (primary N) is 1. The van der Waals surface area contributed by atoms with Crippen LogP contribution in [-0.2, 0) is 9.59 Å². The van der Waals surface area contributed by atoms with Crippen molar-refractivity contribution in [2.45, 2.75) is 96.9 Å². The number of aliphatic hydroxyl groups excluding tert-OH is 1. The first-order valence-corrected chi connectivity index (χ1v) is 10.3. The Kier molecular flexibility index (Phi) is 23.2. The maximum atomic E-state index is 10.8. The maximum absolute atomic E-state index is 10.8. The number of hydrogen-bond donors (Lipinski definition) is 3. The van der Waals surface area contributed by atoms with Crippen LogP contribution in [0.1, 0.15) is 90.9 Å². The number of unbranched alkanes of at least 4 members (excludes halogenated alkanes) is 8. The summed E-state index contributed by atoms with van der Waals surface area (Å²) >= 11 is 0. The van der Waals surface area contributed by atoms with E-state index in [9.17, 15) is 9.59 Å². The SMILES string of the molecule is CCCCC/C=C\C/C=C\CCCCCCCC(C)=O.NC(CO)C(=O)O. The highest BCUT2D eigenvalue weighted by atomic mass is 16.4. The van der Waals surface area contributed by atoms with Gasteiger partial charge in [-0.05, 0) is 45.4 Å². The third-order valence-corrected chi connectivity index (χ3v) is 3.99. The molecule has 0 aliphatic carbocycles. The van der Waals surface area contributed by atoms with Gasteiger partial charge in [-0.15, -0.1) is 0 Å². The van der Waals surface area contributed by atoms with Gasteiger partial charge in [0.2, 0.25) is 0 Å². The van der Waals surface area contributed by atoms with E-state index < -0.39 is 18.6 Å². The van der Waals surface area contributed by atoms with E-state index in [0.717, 1.165) is 19.3 Å². The summed E-state index contributed by atoms with van der Waals surface area (Å²) in [7, 11) is 0. The fourth-order valence-electron chi connectivity index (χ4n) is 2.26. The predicted octanol–water partition coefficient (Wildman–Crippen LogP) is 4.78. The molecule has 5 nitrogen and oxygen atoms in total. The number of carboxylic acids is 1. The lowest BCUT2D eigenvalue weighted by Crippen LogP contribution is -2.33. The Morgan fingerprint density at radius 2 is 1.41 bits per heavy atom. The first kappa shape index (κ1) is 27.8. The van der Waals surface area contributed by atoms with Gasteiger partial charge in [-0.3, -0.25) is 4.79 Å². The zero-order valence-electron chi connectivity index (χ0n) is 17.4. The number of hydrogen-bond acceptors (Lipinski definition) is 4. The fourth-order valence-corrected chi connectivity index (χ4v) is 2.26. The number of rotatable bonds is 16. The van der Waals surface area contributed by atoms with Crippen LogP contribution in [0.3, 0.4) is 0 Å². The Bertz CT molecular complexity index is 405. The minimum atomic E-state index is -1.18. The summed E-state index contributed by atoms with van der Waals surface area (Å²) in [5, 5.41) is 15.9. The van der Waals surface area contributed by atoms with Crippen LogP contribution in [0.4, 0.5) is 0 Å². The van der Waals surface area contributed by atoms with Crippen LogP contribution in [0, 0.1) is 0 Å². The lowest BCUT2D eigenvalue weighted by atomic mass is 10.1. The van der Waals surface area contributed by atoms with Gasteiger partial charge in [-0.1, -0.05) is 63.3 Å². The first-order valence-electron chi connectivity index (χ1n) is 10.3. The molecule has 0 aromatic heterocycles. The summed E-state index contributed by atoms with van der Waals surface area (Å²) in [5.41, 5.74) is 4.77. The third-order valence-electron chi connectivity index (χ3n) is 3.99. The van der Waals surface area contributed by atoms with Crippen LogP contribution in [0.2, 0.25) is 0 Å². The van der Waals surface area contributed by atoms with Crippen LogP contribution < -0.4 is 5.73 Å². The molecular weight excluding hydrogens is 342 g/mol. The lowest BCUT2D eigenvalue weighted by Gasteiger charge is -1.98. The number of carboxylic acid groups (broad SMARTS) is 1. The molecule has 0 amide bonds. The molecule has 0 aliphatic rings. The highest BCUT2D eigenvalue weighted by Gasteiger charge is 2.07. The van der Waals surface area contributed by atoms with Crippen LogP contribution in [0.5, 0.6) is 0 Å². The van der Waals surface area contributed by atoms with Crippen molar-refractivity contribution in [1.82, 2.24) is 0 Å². The monoisotopic (exact) mass is 383 g/mol. The van der Waals surface area contributed by atoms with Gasteiger partial charge in [0.15, 0.2) is 0 Å². The van der Waals surface area contributed by atoms with Crippen molar-refractivity contribution in [3.8, 4) is 0 Å². The minimum Gasteiger partial charge on any atom is -0.480 e. The number of Topliss-reactive ketones (excluding diaryl/α,β-unsaturated/α-hetero) is 1. The molecule has 4 N–H and O–H groups in total. The van der Waals surface area contributed by atoms with E-state index in [1.807, 2.05) is 0 Å². The Morgan fingerprint density at radius 1 is 0.889 bits per heavy atom. The smallest absolute Gasteiger partial charge is 0.322 e. The van der Waals surface area contributed by atoms with Crippen molar-refractivity contribution >= 4 is 11.8 Å². The Morgan fingerprint density at radius 3 is 1.85 bits per heavy atom. The molecule has 1 unspecified atom stereocenters. The Labute approximate surface area is 165 Å². The van der Waals surface area contributed by atoms with Gasteiger partial charge in [0.1, 0.15) is 11.8 Å². The number of carbonyl (C=O) groups excluding carboxylic acids is 1. The molecule has 1 atom stereocenters. The van der Waals surface area contributed by atoms with Crippen molar-refractivity contribution in [2.75, 3.05) is 6.61 Å². The van der Waals surface area contributed by atoms with Gasteiger partial charge < -0.3 is 20.7 Å². The molecule has 0 saturated heterocycles. The molecule has 0 fully saturated rings. The Hall–Kier alpha value is -1.46. The number of carbonyl (C=O) groups is 2. The highest BCUT2D eigenvalue weighted by Crippen LogP contribution is 2.08. The average molecular weight is 384 g/mol. The number of ketones is 1. The number of aliphatic carboxylic acids is 1. The molecule has 27 heavy (non-hydrogen) atoms.